The molecule has 0 bridgehead atoms. The molecule has 0 amide bonds. The van der Waals surface area contributed by atoms with Gasteiger partial charge in [0.15, 0.2) is 0 Å². The van der Waals surface area contributed by atoms with Crippen LogP contribution in [0.15, 0.2) is 12.1 Å². The Morgan fingerprint density at radius 1 is 0.545 bits per heavy atom. The van der Waals surface area contributed by atoms with Crippen LogP contribution < -0.4 is 9.47 Å². The third kappa shape index (κ3) is 2.47. The molecule has 0 saturated heterocycles. The van der Waals surface area contributed by atoms with E-state index in [1.54, 1.807) is 14.2 Å². The summed E-state index contributed by atoms with van der Waals surface area (Å²) in [7, 11) is 3.46. The van der Waals surface area contributed by atoms with Crippen molar-refractivity contribution in [1.82, 2.24) is 0 Å². The van der Waals surface area contributed by atoms with Crippen LogP contribution in [0.1, 0.15) is 33.4 Å². The summed E-state index contributed by atoms with van der Waals surface area (Å²) in [5, 5.41) is 0. The Bertz CT molecular complexity index is 664. The van der Waals surface area contributed by atoms with Crippen molar-refractivity contribution < 1.29 is 9.47 Å². The van der Waals surface area contributed by atoms with E-state index in [4.69, 9.17) is 9.47 Å². The lowest BCUT2D eigenvalue weighted by Gasteiger charge is -2.21. The Morgan fingerprint density at radius 2 is 0.864 bits per heavy atom. The minimum Gasteiger partial charge on any atom is -0.496 e. The summed E-state index contributed by atoms with van der Waals surface area (Å²) in [6, 6.07) is 4.27. The van der Waals surface area contributed by atoms with E-state index in [9.17, 15) is 0 Å². The molecule has 0 spiro atoms. The van der Waals surface area contributed by atoms with E-state index >= 15 is 0 Å². The molecule has 0 radical (unpaired) electrons. The Hall–Kier alpha value is -1.96. The van der Waals surface area contributed by atoms with Crippen molar-refractivity contribution in [2.75, 3.05) is 14.2 Å². The van der Waals surface area contributed by atoms with Crippen LogP contribution in [0.4, 0.5) is 0 Å². The molecule has 0 saturated carbocycles. The van der Waals surface area contributed by atoms with E-state index in [-0.39, 0.29) is 0 Å². The second-order valence-electron chi connectivity index (χ2n) is 6.04. The SMILES string of the molecule is COc1cc(C)c(-c2c(C)cc(OC)c(C)c2C)c(C)c1C. The molecule has 2 nitrogen and oxygen atoms in total. The second-order valence-corrected chi connectivity index (χ2v) is 6.04. The maximum Gasteiger partial charge on any atom is 0.122 e. The highest BCUT2D eigenvalue weighted by atomic mass is 16.5. The summed E-state index contributed by atoms with van der Waals surface area (Å²) in [5.74, 6) is 1.92. The van der Waals surface area contributed by atoms with Gasteiger partial charge in [0.1, 0.15) is 11.5 Å². The van der Waals surface area contributed by atoms with Crippen LogP contribution in [0, 0.1) is 41.5 Å². The Kier molecular flexibility index (Phi) is 4.50. The summed E-state index contributed by atoms with van der Waals surface area (Å²) < 4.78 is 11.0. The molecule has 118 valence electrons. The number of benzene rings is 2. The van der Waals surface area contributed by atoms with E-state index in [1.807, 2.05) is 0 Å². The smallest absolute Gasteiger partial charge is 0.122 e. The van der Waals surface area contributed by atoms with Gasteiger partial charge in [-0.25, -0.2) is 0 Å². The van der Waals surface area contributed by atoms with Crippen molar-refractivity contribution in [2.24, 2.45) is 0 Å². The third-order valence-corrected chi connectivity index (χ3v) is 4.79. The van der Waals surface area contributed by atoms with E-state index < -0.39 is 0 Å². The molecule has 2 aromatic rings. The van der Waals surface area contributed by atoms with E-state index in [0.717, 1.165) is 11.5 Å². The summed E-state index contributed by atoms with van der Waals surface area (Å²) >= 11 is 0. The summed E-state index contributed by atoms with van der Waals surface area (Å²) in [4.78, 5) is 0. The molecule has 0 unspecified atom stereocenters. The van der Waals surface area contributed by atoms with Crippen molar-refractivity contribution in [2.45, 2.75) is 41.5 Å². The van der Waals surface area contributed by atoms with Crippen molar-refractivity contribution in [3.8, 4) is 22.6 Å². The number of aryl methyl sites for hydroxylation is 2. The van der Waals surface area contributed by atoms with E-state index in [2.05, 4.69) is 53.7 Å². The average molecular weight is 298 g/mol. The van der Waals surface area contributed by atoms with Gasteiger partial charge in [-0.05, 0) is 98.2 Å². The number of hydrogen-bond donors (Lipinski definition) is 0. The fourth-order valence-electron chi connectivity index (χ4n) is 3.28. The zero-order valence-corrected chi connectivity index (χ0v) is 15.0. The minimum atomic E-state index is 0.958. The summed E-state index contributed by atoms with van der Waals surface area (Å²) in [5.41, 5.74) is 10.1. The van der Waals surface area contributed by atoms with Crippen LogP contribution in [-0.2, 0) is 0 Å². The normalized spacial score (nSPS) is 10.7. The quantitative estimate of drug-likeness (QED) is 0.773. The first-order valence-corrected chi connectivity index (χ1v) is 7.63. The first-order chi connectivity index (χ1) is 10.3. The van der Waals surface area contributed by atoms with Gasteiger partial charge in [0.25, 0.3) is 0 Å². The summed E-state index contributed by atoms with van der Waals surface area (Å²) in [6.45, 7) is 12.9. The molecule has 0 aromatic heterocycles. The fourth-order valence-corrected chi connectivity index (χ4v) is 3.28. The van der Waals surface area contributed by atoms with Crippen LogP contribution in [0.25, 0.3) is 11.1 Å². The molecule has 2 aromatic carbocycles. The van der Waals surface area contributed by atoms with Gasteiger partial charge < -0.3 is 9.47 Å². The fraction of sp³-hybridized carbons (Fsp3) is 0.400. The monoisotopic (exact) mass is 298 g/mol. The van der Waals surface area contributed by atoms with Crippen LogP contribution >= 0.6 is 0 Å². The van der Waals surface area contributed by atoms with Crippen LogP contribution in [0.2, 0.25) is 0 Å². The lowest BCUT2D eigenvalue weighted by molar-refractivity contribution is 0.410. The molecule has 0 aliphatic rings. The van der Waals surface area contributed by atoms with E-state index in [1.165, 1.54) is 44.5 Å². The van der Waals surface area contributed by atoms with Gasteiger partial charge in [-0.1, -0.05) is 0 Å². The Balaban J connectivity index is 2.84. The third-order valence-electron chi connectivity index (χ3n) is 4.79. The molecule has 0 fully saturated rings. The topological polar surface area (TPSA) is 18.5 Å². The van der Waals surface area contributed by atoms with Gasteiger partial charge in [0.2, 0.25) is 0 Å². The largest absolute Gasteiger partial charge is 0.496 e. The molecule has 2 heteroatoms. The molecule has 22 heavy (non-hydrogen) atoms. The highest BCUT2D eigenvalue weighted by Crippen LogP contribution is 2.40. The van der Waals surface area contributed by atoms with Gasteiger partial charge in [0, 0.05) is 0 Å². The molecule has 0 N–H and O–H groups in total. The minimum absolute atomic E-state index is 0.958. The molecule has 2 rings (SSSR count). The molecule has 0 heterocycles. The predicted molar refractivity (Wildman–Crippen MR) is 93.4 cm³/mol. The molecule has 0 aliphatic heterocycles. The maximum absolute atomic E-state index is 5.50. The molecular weight excluding hydrogens is 272 g/mol. The number of methoxy groups -OCH3 is 2. The van der Waals surface area contributed by atoms with Crippen molar-refractivity contribution in [3.63, 3.8) is 0 Å². The van der Waals surface area contributed by atoms with Crippen molar-refractivity contribution in [1.29, 1.82) is 0 Å². The van der Waals surface area contributed by atoms with Gasteiger partial charge in [-0.15, -0.1) is 0 Å². The van der Waals surface area contributed by atoms with Gasteiger partial charge in [0.05, 0.1) is 14.2 Å². The Labute approximate surface area is 134 Å². The first-order valence-electron chi connectivity index (χ1n) is 7.63. The number of hydrogen-bond acceptors (Lipinski definition) is 2. The van der Waals surface area contributed by atoms with Crippen LogP contribution in [-0.4, -0.2) is 14.2 Å². The highest BCUT2D eigenvalue weighted by molar-refractivity contribution is 5.80. The van der Waals surface area contributed by atoms with Gasteiger partial charge in [-0.3, -0.25) is 0 Å². The zero-order chi connectivity index (χ0) is 16.6. The maximum atomic E-state index is 5.50. The van der Waals surface area contributed by atoms with Gasteiger partial charge in [-0.2, -0.15) is 0 Å². The predicted octanol–water partition coefficient (Wildman–Crippen LogP) is 5.22. The van der Waals surface area contributed by atoms with Crippen LogP contribution in [0.3, 0.4) is 0 Å². The lowest BCUT2D eigenvalue weighted by Crippen LogP contribution is -2.01. The highest BCUT2D eigenvalue weighted by Gasteiger charge is 2.18. The second kappa shape index (κ2) is 6.04. The van der Waals surface area contributed by atoms with E-state index in [0.29, 0.717) is 0 Å². The molecule has 0 aliphatic carbocycles. The summed E-state index contributed by atoms with van der Waals surface area (Å²) in [6.07, 6.45) is 0. The number of ether oxygens (including phenoxy) is 2. The standard InChI is InChI=1S/C20H26O2/c1-11-9-17(21-7)13(3)15(5)19(11)20-12(2)10-18(22-8)14(4)16(20)6/h9-10H,1-8H3. The molecule has 0 atom stereocenters. The average Bonchev–Trinajstić information content (AvgIpc) is 2.49. The van der Waals surface area contributed by atoms with Crippen molar-refractivity contribution in [3.05, 3.63) is 45.5 Å². The Morgan fingerprint density at radius 3 is 1.14 bits per heavy atom. The van der Waals surface area contributed by atoms with Crippen molar-refractivity contribution >= 4 is 0 Å². The first kappa shape index (κ1) is 16.4. The number of rotatable bonds is 3. The van der Waals surface area contributed by atoms with Crippen LogP contribution in [0.5, 0.6) is 11.5 Å². The lowest BCUT2D eigenvalue weighted by atomic mass is 9.85. The molecular formula is C20H26O2. The zero-order valence-electron chi connectivity index (χ0n) is 15.0. The van der Waals surface area contributed by atoms with Gasteiger partial charge >= 0.3 is 0 Å².